The van der Waals surface area contributed by atoms with Crippen molar-refractivity contribution in [3.63, 3.8) is 0 Å². The molecule has 20 heavy (non-hydrogen) atoms. The van der Waals surface area contributed by atoms with Crippen molar-refractivity contribution in [1.82, 2.24) is 5.32 Å². The molecule has 2 atom stereocenters. The van der Waals surface area contributed by atoms with Crippen molar-refractivity contribution in [2.24, 2.45) is 11.8 Å². The number of amides is 1. The maximum absolute atomic E-state index is 12.0. The highest BCUT2D eigenvalue weighted by Crippen LogP contribution is 2.31. The first-order chi connectivity index (χ1) is 9.49. The molecule has 0 bridgehead atoms. The van der Waals surface area contributed by atoms with Crippen LogP contribution >= 0.6 is 27.5 Å². The Balaban J connectivity index is 1.95. The fraction of sp³-hybridized carbons (Fsp3) is 0.429. The normalized spacial score (nSPS) is 21.7. The molecule has 0 radical (unpaired) electrons. The zero-order valence-corrected chi connectivity index (χ0v) is 13.1. The van der Waals surface area contributed by atoms with Crippen molar-refractivity contribution in [3.8, 4) is 0 Å². The Morgan fingerprint density at radius 2 is 2.15 bits per heavy atom. The molecular formula is C14H15BrClNO3. The molecule has 1 fully saturated rings. The molecule has 1 aromatic carbocycles. The number of carbonyl (C=O) groups excluding carboxylic acids is 1. The number of nitrogens with one attached hydrogen (secondary N) is 1. The molecular weight excluding hydrogens is 346 g/mol. The predicted octanol–water partition coefficient (Wildman–Crippen LogP) is 3.33. The van der Waals surface area contributed by atoms with E-state index in [1.165, 1.54) is 0 Å². The van der Waals surface area contributed by atoms with E-state index in [0.29, 0.717) is 28.0 Å². The summed E-state index contributed by atoms with van der Waals surface area (Å²) in [5.41, 5.74) is 0.506. The second kappa shape index (κ2) is 6.59. The first-order valence-electron chi connectivity index (χ1n) is 6.45. The maximum atomic E-state index is 12.0. The van der Waals surface area contributed by atoms with Gasteiger partial charge in [0.25, 0.3) is 5.91 Å². The Labute approximate surface area is 130 Å². The van der Waals surface area contributed by atoms with Gasteiger partial charge in [0.1, 0.15) is 0 Å². The molecule has 1 aromatic rings. The zero-order valence-electron chi connectivity index (χ0n) is 10.7. The molecule has 0 spiro atoms. The SMILES string of the molecule is O=C(NCC1CCCC1C(=O)O)c1ccc(Cl)c(Br)c1. The molecule has 2 rings (SSSR count). The molecule has 2 N–H and O–H groups in total. The zero-order chi connectivity index (χ0) is 14.7. The van der Waals surface area contributed by atoms with Gasteiger partial charge < -0.3 is 10.4 Å². The molecule has 1 saturated carbocycles. The summed E-state index contributed by atoms with van der Waals surface area (Å²) in [5.74, 6) is -1.30. The summed E-state index contributed by atoms with van der Waals surface area (Å²) < 4.78 is 0.663. The lowest BCUT2D eigenvalue weighted by molar-refractivity contribution is -0.142. The number of aliphatic carboxylic acids is 1. The molecule has 0 saturated heterocycles. The minimum atomic E-state index is -0.768. The van der Waals surface area contributed by atoms with Crippen LogP contribution in [0.5, 0.6) is 0 Å². The third-order valence-electron chi connectivity index (χ3n) is 3.68. The summed E-state index contributed by atoms with van der Waals surface area (Å²) >= 11 is 9.15. The quantitative estimate of drug-likeness (QED) is 0.865. The van der Waals surface area contributed by atoms with E-state index in [1.54, 1.807) is 18.2 Å². The summed E-state index contributed by atoms with van der Waals surface area (Å²) in [6.07, 6.45) is 2.45. The van der Waals surface area contributed by atoms with Crippen molar-refractivity contribution in [1.29, 1.82) is 0 Å². The highest BCUT2D eigenvalue weighted by atomic mass is 79.9. The molecule has 0 aromatic heterocycles. The summed E-state index contributed by atoms with van der Waals surface area (Å²) in [5, 5.41) is 12.5. The van der Waals surface area contributed by atoms with Crippen LogP contribution in [0.25, 0.3) is 0 Å². The van der Waals surface area contributed by atoms with Crippen LogP contribution in [-0.2, 0) is 4.79 Å². The highest BCUT2D eigenvalue weighted by Gasteiger charge is 2.32. The van der Waals surface area contributed by atoms with E-state index in [9.17, 15) is 9.59 Å². The maximum Gasteiger partial charge on any atom is 0.306 e. The van der Waals surface area contributed by atoms with Gasteiger partial charge >= 0.3 is 5.97 Å². The van der Waals surface area contributed by atoms with Crippen LogP contribution in [0.1, 0.15) is 29.6 Å². The van der Waals surface area contributed by atoms with Gasteiger partial charge in [0, 0.05) is 16.6 Å². The van der Waals surface area contributed by atoms with E-state index in [2.05, 4.69) is 21.2 Å². The van der Waals surface area contributed by atoms with Crippen molar-refractivity contribution in [2.75, 3.05) is 6.54 Å². The number of rotatable bonds is 4. The van der Waals surface area contributed by atoms with Gasteiger partial charge in [-0.15, -0.1) is 0 Å². The molecule has 108 valence electrons. The number of carbonyl (C=O) groups is 2. The average molecular weight is 361 g/mol. The summed E-state index contributed by atoms with van der Waals surface area (Å²) in [6, 6.07) is 4.95. The van der Waals surface area contributed by atoms with Gasteiger partial charge in [0.2, 0.25) is 0 Å². The third-order valence-corrected chi connectivity index (χ3v) is 4.90. The molecule has 4 nitrogen and oxygen atoms in total. The van der Waals surface area contributed by atoms with Gasteiger partial charge in [-0.05, 0) is 52.9 Å². The lowest BCUT2D eigenvalue weighted by atomic mass is 9.96. The van der Waals surface area contributed by atoms with Gasteiger partial charge in [-0.25, -0.2) is 0 Å². The second-order valence-corrected chi connectivity index (χ2v) is 6.24. The number of carboxylic acids is 1. The Bertz CT molecular complexity index is 535. The minimum absolute atomic E-state index is 0.0205. The Morgan fingerprint density at radius 1 is 1.40 bits per heavy atom. The van der Waals surface area contributed by atoms with E-state index in [0.717, 1.165) is 12.8 Å². The van der Waals surface area contributed by atoms with Crippen LogP contribution in [-0.4, -0.2) is 23.5 Å². The van der Waals surface area contributed by atoms with Gasteiger partial charge in [0.05, 0.1) is 10.9 Å². The predicted molar refractivity (Wildman–Crippen MR) is 80.0 cm³/mol. The third kappa shape index (κ3) is 3.52. The van der Waals surface area contributed by atoms with Crippen LogP contribution in [0.3, 0.4) is 0 Å². The van der Waals surface area contributed by atoms with Crippen molar-refractivity contribution < 1.29 is 14.7 Å². The molecule has 0 aliphatic heterocycles. The fourth-order valence-corrected chi connectivity index (χ4v) is 3.07. The number of hydrogen-bond acceptors (Lipinski definition) is 2. The highest BCUT2D eigenvalue weighted by molar-refractivity contribution is 9.10. The molecule has 1 aliphatic carbocycles. The Morgan fingerprint density at radius 3 is 2.80 bits per heavy atom. The first kappa shape index (κ1) is 15.3. The summed E-state index contributed by atoms with van der Waals surface area (Å²) in [7, 11) is 0. The van der Waals surface area contributed by atoms with Crippen molar-refractivity contribution in [3.05, 3.63) is 33.3 Å². The Kier molecular flexibility index (Phi) is 5.05. The monoisotopic (exact) mass is 359 g/mol. The largest absolute Gasteiger partial charge is 0.481 e. The van der Waals surface area contributed by atoms with Crippen LogP contribution in [0.15, 0.2) is 22.7 Å². The fourth-order valence-electron chi connectivity index (χ4n) is 2.57. The minimum Gasteiger partial charge on any atom is -0.481 e. The molecule has 1 aliphatic rings. The van der Waals surface area contributed by atoms with Crippen LogP contribution in [0.2, 0.25) is 5.02 Å². The Hall–Kier alpha value is -1.07. The lowest BCUT2D eigenvalue weighted by Gasteiger charge is -2.16. The molecule has 2 unspecified atom stereocenters. The van der Waals surface area contributed by atoms with Gasteiger partial charge in [-0.1, -0.05) is 18.0 Å². The first-order valence-corrected chi connectivity index (χ1v) is 7.62. The van der Waals surface area contributed by atoms with E-state index < -0.39 is 5.97 Å². The molecule has 0 heterocycles. The van der Waals surface area contributed by atoms with Crippen LogP contribution in [0, 0.1) is 11.8 Å². The standard InChI is InChI=1S/C14H15BrClNO3/c15-11-6-8(4-5-12(11)16)13(18)17-7-9-2-1-3-10(9)14(19)20/h4-6,9-10H,1-3,7H2,(H,17,18)(H,19,20). The smallest absolute Gasteiger partial charge is 0.306 e. The van der Waals surface area contributed by atoms with Crippen molar-refractivity contribution in [2.45, 2.75) is 19.3 Å². The number of halogens is 2. The average Bonchev–Trinajstić information content (AvgIpc) is 2.87. The number of hydrogen-bond donors (Lipinski definition) is 2. The van der Waals surface area contributed by atoms with Crippen LogP contribution in [0.4, 0.5) is 0 Å². The van der Waals surface area contributed by atoms with Gasteiger partial charge in [0.15, 0.2) is 0 Å². The second-order valence-electron chi connectivity index (χ2n) is 4.97. The number of benzene rings is 1. The number of carboxylic acid groups (broad SMARTS) is 1. The van der Waals surface area contributed by atoms with E-state index in [1.807, 2.05) is 0 Å². The molecule has 6 heteroatoms. The summed E-state index contributed by atoms with van der Waals surface area (Å²) in [4.78, 5) is 23.1. The van der Waals surface area contributed by atoms with Crippen LogP contribution < -0.4 is 5.32 Å². The lowest BCUT2D eigenvalue weighted by Crippen LogP contribution is -2.33. The van der Waals surface area contributed by atoms with Crippen molar-refractivity contribution >= 4 is 39.4 Å². The van der Waals surface area contributed by atoms with Gasteiger partial charge in [-0.3, -0.25) is 9.59 Å². The topological polar surface area (TPSA) is 66.4 Å². The summed E-state index contributed by atoms with van der Waals surface area (Å²) in [6.45, 7) is 0.399. The van der Waals surface area contributed by atoms with E-state index in [4.69, 9.17) is 16.7 Å². The van der Waals surface area contributed by atoms with Gasteiger partial charge in [-0.2, -0.15) is 0 Å². The van der Waals surface area contributed by atoms with E-state index in [-0.39, 0.29) is 17.7 Å². The van der Waals surface area contributed by atoms with E-state index >= 15 is 0 Å². The molecule has 1 amide bonds.